The second-order valence-electron chi connectivity index (χ2n) is 6.29. The summed E-state index contributed by atoms with van der Waals surface area (Å²) >= 11 is 0. The summed E-state index contributed by atoms with van der Waals surface area (Å²) in [7, 11) is 1.37. The van der Waals surface area contributed by atoms with Crippen LogP contribution < -0.4 is 5.32 Å². The molecule has 1 aliphatic heterocycles. The van der Waals surface area contributed by atoms with Gasteiger partial charge in [0.05, 0.1) is 13.0 Å². The van der Waals surface area contributed by atoms with Crippen LogP contribution in [0.5, 0.6) is 0 Å². The number of ether oxygens (including phenoxy) is 1. The van der Waals surface area contributed by atoms with Gasteiger partial charge in [-0.15, -0.1) is 11.8 Å². The topological polar surface area (TPSA) is 72.5 Å². The predicted molar refractivity (Wildman–Crippen MR) is 96.5 cm³/mol. The van der Waals surface area contributed by atoms with E-state index >= 15 is 0 Å². The average molecular weight is 347 g/mol. The van der Waals surface area contributed by atoms with Crippen LogP contribution in [-0.2, 0) is 19.1 Å². The number of allylic oxidation sites excluding steroid dienone is 1. The van der Waals surface area contributed by atoms with E-state index in [1.165, 1.54) is 7.11 Å². The Morgan fingerprint density at radius 2 is 2.04 bits per heavy atom. The molecule has 0 spiro atoms. The van der Waals surface area contributed by atoms with Crippen molar-refractivity contribution in [2.24, 2.45) is 11.8 Å². The Morgan fingerprint density at radius 1 is 1.24 bits per heavy atom. The molecule has 25 heavy (non-hydrogen) atoms. The molecule has 0 aromatic carbocycles. The third-order valence-electron chi connectivity index (χ3n) is 4.28. The molecular formula is C20H29NO4. The van der Waals surface area contributed by atoms with Crippen LogP contribution in [0.1, 0.15) is 58.3 Å². The van der Waals surface area contributed by atoms with E-state index in [4.69, 9.17) is 0 Å². The first-order chi connectivity index (χ1) is 12.1. The highest BCUT2D eigenvalue weighted by atomic mass is 16.5. The Kier molecular flexibility index (Phi) is 10.3. The fourth-order valence-electron chi connectivity index (χ4n) is 2.69. The van der Waals surface area contributed by atoms with Gasteiger partial charge in [0.15, 0.2) is 5.78 Å². The summed E-state index contributed by atoms with van der Waals surface area (Å²) in [6, 6.07) is 0. The Hall–Kier alpha value is -2.09. The van der Waals surface area contributed by atoms with Gasteiger partial charge in [0.1, 0.15) is 0 Å². The zero-order chi connectivity index (χ0) is 18.5. The first kappa shape index (κ1) is 21.0. The normalized spacial score (nSPS) is 19.4. The van der Waals surface area contributed by atoms with Gasteiger partial charge >= 0.3 is 5.97 Å². The summed E-state index contributed by atoms with van der Waals surface area (Å²) < 4.78 is 4.57. The second kappa shape index (κ2) is 12.3. The third-order valence-corrected chi connectivity index (χ3v) is 4.28. The van der Waals surface area contributed by atoms with E-state index in [0.29, 0.717) is 38.6 Å². The van der Waals surface area contributed by atoms with E-state index in [9.17, 15) is 14.4 Å². The highest BCUT2D eigenvalue weighted by molar-refractivity contribution is 5.90. The smallest absolute Gasteiger partial charge is 0.305 e. The number of carbonyl (C=O) groups excluding carboxylic acids is 3. The summed E-state index contributed by atoms with van der Waals surface area (Å²) in [5, 5.41) is 2.84. The molecule has 0 radical (unpaired) electrons. The molecule has 1 saturated heterocycles. The van der Waals surface area contributed by atoms with Crippen molar-refractivity contribution < 1.29 is 19.1 Å². The molecule has 1 amide bonds. The van der Waals surface area contributed by atoms with Crippen LogP contribution in [0.3, 0.4) is 0 Å². The summed E-state index contributed by atoms with van der Waals surface area (Å²) in [5.74, 6) is 5.74. The molecule has 1 rings (SSSR count). The number of hydrogen-bond donors (Lipinski definition) is 1. The number of carbonyl (C=O) groups is 3. The maximum Gasteiger partial charge on any atom is 0.305 e. The molecule has 0 bridgehead atoms. The summed E-state index contributed by atoms with van der Waals surface area (Å²) in [4.78, 5) is 34.7. The largest absolute Gasteiger partial charge is 0.469 e. The van der Waals surface area contributed by atoms with Crippen molar-refractivity contribution in [2.45, 2.75) is 58.3 Å². The van der Waals surface area contributed by atoms with Crippen molar-refractivity contribution in [3.63, 3.8) is 0 Å². The van der Waals surface area contributed by atoms with E-state index in [2.05, 4.69) is 28.8 Å². The lowest BCUT2D eigenvalue weighted by Gasteiger charge is -2.09. The number of hydrogen-bond acceptors (Lipinski definition) is 4. The number of unbranched alkanes of at least 4 members (excludes halogenated alkanes) is 3. The SMILES string of the molecule is CCCCCC(=O)/C=C/[C@H]1CNC(=O)[C@@H]1CC#CCCCC(=O)OC. The lowest BCUT2D eigenvalue weighted by molar-refractivity contribution is -0.140. The number of rotatable bonds is 10. The Labute approximate surface area is 150 Å². The van der Waals surface area contributed by atoms with E-state index in [0.717, 1.165) is 19.3 Å². The third kappa shape index (κ3) is 8.53. The van der Waals surface area contributed by atoms with Crippen molar-refractivity contribution in [1.29, 1.82) is 0 Å². The van der Waals surface area contributed by atoms with Crippen molar-refractivity contribution in [3.8, 4) is 11.8 Å². The molecule has 0 saturated carbocycles. The molecule has 1 fully saturated rings. The highest BCUT2D eigenvalue weighted by Crippen LogP contribution is 2.22. The van der Waals surface area contributed by atoms with E-state index < -0.39 is 0 Å². The zero-order valence-corrected chi connectivity index (χ0v) is 15.3. The minimum absolute atomic E-state index is 0.00283. The summed E-state index contributed by atoms with van der Waals surface area (Å²) in [6.07, 6.45) is 9.24. The molecule has 1 heterocycles. The standard InChI is InChI=1S/C20H29NO4/c1-3-4-7-10-17(22)14-13-16-15-21-20(24)18(16)11-8-5-6-9-12-19(23)25-2/h13-14,16,18H,3-4,6-7,9-12,15H2,1-2H3,(H,21,24)/b14-13+/t16-,18+/m0/s1. The average Bonchev–Trinajstić information content (AvgIpc) is 2.96. The number of esters is 1. The van der Waals surface area contributed by atoms with Gasteiger partial charge in [-0.3, -0.25) is 14.4 Å². The maximum absolute atomic E-state index is 11.9. The fourth-order valence-corrected chi connectivity index (χ4v) is 2.69. The molecule has 5 heteroatoms. The van der Waals surface area contributed by atoms with Gasteiger partial charge in [0.2, 0.25) is 5.91 Å². The van der Waals surface area contributed by atoms with E-state index in [-0.39, 0.29) is 29.5 Å². The predicted octanol–water partition coefficient (Wildman–Crippen LogP) is 2.79. The van der Waals surface area contributed by atoms with Crippen LogP contribution >= 0.6 is 0 Å². The fraction of sp³-hybridized carbons (Fsp3) is 0.650. The molecule has 0 aromatic rings. The number of ketones is 1. The van der Waals surface area contributed by atoms with Gasteiger partial charge in [-0.25, -0.2) is 0 Å². The minimum atomic E-state index is -0.231. The number of amides is 1. The minimum Gasteiger partial charge on any atom is -0.469 e. The summed E-state index contributed by atoms with van der Waals surface area (Å²) in [6.45, 7) is 2.67. The Balaban J connectivity index is 2.39. The van der Waals surface area contributed by atoms with Gasteiger partial charge < -0.3 is 10.1 Å². The maximum atomic E-state index is 11.9. The van der Waals surface area contributed by atoms with E-state index in [1.54, 1.807) is 6.08 Å². The number of methoxy groups -OCH3 is 1. The van der Waals surface area contributed by atoms with Crippen LogP contribution in [0.4, 0.5) is 0 Å². The van der Waals surface area contributed by atoms with Crippen LogP contribution in [-0.4, -0.2) is 31.3 Å². The van der Waals surface area contributed by atoms with Crippen molar-refractivity contribution in [2.75, 3.05) is 13.7 Å². The van der Waals surface area contributed by atoms with Crippen LogP contribution in [0, 0.1) is 23.7 Å². The molecule has 0 aromatic heterocycles. The van der Waals surface area contributed by atoms with Crippen LogP contribution in [0.15, 0.2) is 12.2 Å². The Morgan fingerprint density at radius 3 is 2.76 bits per heavy atom. The van der Waals surface area contributed by atoms with Gasteiger partial charge in [0, 0.05) is 38.1 Å². The monoisotopic (exact) mass is 347 g/mol. The van der Waals surface area contributed by atoms with Crippen molar-refractivity contribution in [1.82, 2.24) is 5.32 Å². The quantitative estimate of drug-likeness (QED) is 0.285. The highest BCUT2D eigenvalue weighted by Gasteiger charge is 2.32. The Bertz CT molecular complexity index is 542. The first-order valence-corrected chi connectivity index (χ1v) is 9.09. The molecular weight excluding hydrogens is 318 g/mol. The molecule has 0 aliphatic carbocycles. The van der Waals surface area contributed by atoms with Crippen LogP contribution in [0.2, 0.25) is 0 Å². The molecule has 2 atom stereocenters. The van der Waals surface area contributed by atoms with Gasteiger partial charge in [-0.05, 0) is 18.9 Å². The van der Waals surface area contributed by atoms with Gasteiger partial charge in [0.25, 0.3) is 0 Å². The molecule has 1 aliphatic rings. The molecule has 5 nitrogen and oxygen atoms in total. The molecule has 0 unspecified atom stereocenters. The van der Waals surface area contributed by atoms with Crippen LogP contribution in [0.25, 0.3) is 0 Å². The van der Waals surface area contributed by atoms with Gasteiger partial charge in [-0.1, -0.05) is 25.8 Å². The lowest BCUT2D eigenvalue weighted by atomic mass is 9.91. The number of nitrogens with one attached hydrogen (secondary N) is 1. The van der Waals surface area contributed by atoms with E-state index in [1.807, 2.05) is 6.08 Å². The second-order valence-corrected chi connectivity index (χ2v) is 6.29. The van der Waals surface area contributed by atoms with Crippen molar-refractivity contribution >= 4 is 17.7 Å². The lowest BCUT2D eigenvalue weighted by Crippen LogP contribution is -2.19. The summed E-state index contributed by atoms with van der Waals surface area (Å²) in [5.41, 5.74) is 0. The molecule has 1 N–H and O–H groups in total. The first-order valence-electron chi connectivity index (χ1n) is 9.09. The molecule has 138 valence electrons. The van der Waals surface area contributed by atoms with Crippen molar-refractivity contribution in [3.05, 3.63) is 12.2 Å². The zero-order valence-electron chi connectivity index (χ0n) is 15.3. The van der Waals surface area contributed by atoms with Gasteiger partial charge in [-0.2, -0.15) is 0 Å².